The summed E-state index contributed by atoms with van der Waals surface area (Å²) in [5, 5.41) is 4.14. The third-order valence-electron chi connectivity index (χ3n) is 4.40. The van der Waals surface area contributed by atoms with Crippen molar-refractivity contribution >= 4 is 27.3 Å². The van der Waals surface area contributed by atoms with Gasteiger partial charge in [0.15, 0.2) is 0 Å². The zero-order valence-electron chi connectivity index (χ0n) is 16.9. The Morgan fingerprint density at radius 3 is 2.11 bits per heavy atom. The number of hydrogen-bond donors (Lipinski definition) is 1. The maximum Gasteiger partial charge on any atom is 0.271 e. The van der Waals surface area contributed by atoms with Crippen LogP contribution in [-0.2, 0) is 16.6 Å². The Hall–Kier alpha value is -2.67. The van der Waals surface area contributed by atoms with Crippen molar-refractivity contribution in [2.75, 3.05) is 10.6 Å². The molecule has 0 unspecified atom stereocenters. The van der Waals surface area contributed by atoms with E-state index >= 15 is 0 Å². The summed E-state index contributed by atoms with van der Waals surface area (Å²) >= 11 is 0. The average Bonchev–Trinajstić information content (AvgIpc) is 2.63. The lowest BCUT2D eigenvalue weighted by Gasteiger charge is -2.22. The van der Waals surface area contributed by atoms with E-state index in [1.165, 1.54) is 10.6 Å². The van der Waals surface area contributed by atoms with E-state index in [1.807, 2.05) is 58.0 Å². The molecule has 0 aliphatic heterocycles. The fraction of sp³-hybridized carbons (Fsp3) is 0.333. The Morgan fingerprint density at radius 2 is 1.61 bits per heavy atom. The van der Waals surface area contributed by atoms with Gasteiger partial charge in [0.1, 0.15) is 0 Å². The predicted molar refractivity (Wildman–Crippen MR) is 114 cm³/mol. The maximum atomic E-state index is 12.3. The minimum Gasteiger partial charge on any atom is -0.267 e. The van der Waals surface area contributed by atoms with Gasteiger partial charge in [-0.25, -0.2) is 13.8 Å². The first-order chi connectivity index (χ1) is 13.0. The summed E-state index contributed by atoms with van der Waals surface area (Å²) in [6.07, 6.45) is 1.17. The van der Waals surface area contributed by atoms with Crippen LogP contribution < -0.4 is 9.73 Å². The van der Waals surface area contributed by atoms with Crippen LogP contribution in [0.2, 0.25) is 0 Å². The quantitative estimate of drug-likeness (QED) is 0.591. The van der Waals surface area contributed by atoms with Gasteiger partial charge >= 0.3 is 0 Å². The summed E-state index contributed by atoms with van der Waals surface area (Å²) in [5.41, 5.74) is 4.99. The number of benzene rings is 2. The van der Waals surface area contributed by atoms with Crippen LogP contribution in [0, 0.1) is 5.41 Å². The number of nitrogens with zero attached hydrogens (tertiary/aromatic N) is 2. The molecule has 0 spiro atoms. The van der Waals surface area contributed by atoms with E-state index in [0.717, 1.165) is 11.3 Å². The molecule has 0 aliphatic carbocycles. The largest absolute Gasteiger partial charge is 0.271 e. The van der Waals surface area contributed by atoms with Crippen molar-refractivity contribution < 1.29 is 13.2 Å². The maximum absolute atomic E-state index is 12.3. The molecule has 2 rings (SSSR count). The summed E-state index contributed by atoms with van der Waals surface area (Å²) in [6.45, 7) is 8.12. The van der Waals surface area contributed by atoms with Crippen LogP contribution in [0.25, 0.3) is 0 Å². The third kappa shape index (κ3) is 5.92. The molecule has 0 saturated carbocycles. The zero-order chi connectivity index (χ0) is 20.9. The Morgan fingerprint density at radius 1 is 1.04 bits per heavy atom. The van der Waals surface area contributed by atoms with Crippen molar-refractivity contribution in [1.82, 2.24) is 5.43 Å². The number of carbonyl (C=O) groups excluding carboxylic acids is 1. The van der Waals surface area contributed by atoms with Gasteiger partial charge in [0.2, 0.25) is 10.0 Å². The van der Waals surface area contributed by atoms with Crippen molar-refractivity contribution in [2.24, 2.45) is 10.5 Å². The molecule has 7 heteroatoms. The van der Waals surface area contributed by atoms with Crippen LogP contribution in [0.1, 0.15) is 43.6 Å². The van der Waals surface area contributed by atoms with Crippen molar-refractivity contribution in [3.8, 4) is 0 Å². The highest BCUT2D eigenvalue weighted by atomic mass is 32.2. The first-order valence-corrected chi connectivity index (χ1v) is 10.8. The Labute approximate surface area is 167 Å². The lowest BCUT2D eigenvalue weighted by Crippen LogP contribution is -2.29. The summed E-state index contributed by atoms with van der Waals surface area (Å²) in [6, 6.07) is 15.8. The molecule has 0 fully saturated rings. The second-order valence-corrected chi connectivity index (χ2v) is 9.60. The van der Waals surface area contributed by atoms with Crippen LogP contribution in [0.5, 0.6) is 0 Å². The number of anilines is 1. The summed E-state index contributed by atoms with van der Waals surface area (Å²) in [4.78, 5) is 12.3. The number of amides is 1. The molecule has 2 aromatic carbocycles. The predicted octanol–water partition coefficient (Wildman–Crippen LogP) is 3.80. The molecule has 2 aromatic rings. The molecule has 150 valence electrons. The van der Waals surface area contributed by atoms with Crippen molar-refractivity contribution in [3.63, 3.8) is 0 Å². The van der Waals surface area contributed by atoms with Crippen molar-refractivity contribution in [3.05, 3.63) is 65.7 Å². The SMILES string of the molecule is C/C(=N/NC(=O)c1ccc(N(Cc2ccccc2)S(C)(=O)=O)cc1)C(C)(C)C. The molecule has 1 N–H and O–H groups in total. The van der Waals surface area contributed by atoms with Crippen LogP contribution in [0.3, 0.4) is 0 Å². The topological polar surface area (TPSA) is 78.8 Å². The van der Waals surface area contributed by atoms with E-state index in [-0.39, 0.29) is 17.9 Å². The first-order valence-electron chi connectivity index (χ1n) is 8.95. The highest BCUT2D eigenvalue weighted by Crippen LogP contribution is 2.21. The second kappa shape index (κ2) is 8.56. The van der Waals surface area contributed by atoms with Gasteiger partial charge in [-0.05, 0) is 36.8 Å². The summed E-state index contributed by atoms with van der Waals surface area (Å²) < 4.78 is 25.8. The Bertz CT molecular complexity index is 945. The molecule has 1 amide bonds. The van der Waals surface area contributed by atoms with Gasteiger partial charge < -0.3 is 0 Å². The highest BCUT2D eigenvalue weighted by molar-refractivity contribution is 7.92. The highest BCUT2D eigenvalue weighted by Gasteiger charge is 2.19. The zero-order valence-corrected chi connectivity index (χ0v) is 17.7. The smallest absolute Gasteiger partial charge is 0.267 e. The minimum atomic E-state index is -3.48. The third-order valence-corrected chi connectivity index (χ3v) is 5.54. The number of carbonyl (C=O) groups is 1. The van der Waals surface area contributed by atoms with Gasteiger partial charge in [-0.2, -0.15) is 5.10 Å². The van der Waals surface area contributed by atoms with Crippen molar-refractivity contribution in [2.45, 2.75) is 34.2 Å². The van der Waals surface area contributed by atoms with Gasteiger partial charge in [0.05, 0.1) is 18.5 Å². The fourth-order valence-corrected chi connectivity index (χ4v) is 3.18. The van der Waals surface area contributed by atoms with Crippen LogP contribution >= 0.6 is 0 Å². The molecule has 0 atom stereocenters. The van der Waals surface area contributed by atoms with Gasteiger partial charge in [-0.15, -0.1) is 0 Å². The van der Waals surface area contributed by atoms with Crippen LogP contribution in [-0.4, -0.2) is 26.3 Å². The molecule has 28 heavy (non-hydrogen) atoms. The summed E-state index contributed by atoms with van der Waals surface area (Å²) in [7, 11) is -3.48. The van der Waals surface area contributed by atoms with Gasteiger partial charge in [0.25, 0.3) is 5.91 Å². The molecule has 0 heterocycles. The molecule has 0 radical (unpaired) electrons. The number of nitrogens with one attached hydrogen (secondary N) is 1. The Balaban J connectivity index is 2.20. The minimum absolute atomic E-state index is 0.134. The standard InChI is InChI=1S/C21H27N3O3S/c1-16(21(2,3)4)22-23-20(25)18-11-13-19(14-12-18)24(28(5,26)27)15-17-9-7-6-8-10-17/h6-14H,15H2,1-5H3,(H,23,25)/b22-16-. The van der Waals surface area contributed by atoms with E-state index in [9.17, 15) is 13.2 Å². The molecule has 0 bridgehead atoms. The van der Waals surface area contributed by atoms with Crippen LogP contribution in [0.15, 0.2) is 59.7 Å². The summed E-state index contributed by atoms with van der Waals surface area (Å²) in [5.74, 6) is -0.343. The first kappa shape index (κ1) is 21.6. The molecule has 0 aliphatic rings. The number of hydrazone groups is 1. The molecule has 0 aromatic heterocycles. The lowest BCUT2D eigenvalue weighted by atomic mass is 9.91. The van der Waals surface area contributed by atoms with E-state index in [1.54, 1.807) is 24.3 Å². The van der Waals surface area contributed by atoms with Gasteiger partial charge in [-0.3, -0.25) is 9.10 Å². The molecule has 6 nitrogen and oxygen atoms in total. The monoisotopic (exact) mass is 401 g/mol. The van der Waals surface area contributed by atoms with E-state index in [4.69, 9.17) is 0 Å². The van der Waals surface area contributed by atoms with Gasteiger partial charge in [-0.1, -0.05) is 51.1 Å². The van der Waals surface area contributed by atoms with E-state index < -0.39 is 10.0 Å². The van der Waals surface area contributed by atoms with E-state index in [2.05, 4.69) is 10.5 Å². The number of rotatable bonds is 6. The molecular weight excluding hydrogens is 374 g/mol. The number of hydrogen-bond acceptors (Lipinski definition) is 4. The number of sulfonamides is 1. The van der Waals surface area contributed by atoms with Crippen molar-refractivity contribution in [1.29, 1.82) is 0 Å². The van der Waals surface area contributed by atoms with Crippen LogP contribution in [0.4, 0.5) is 5.69 Å². The van der Waals surface area contributed by atoms with Gasteiger partial charge in [0, 0.05) is 16.7 Å². The second-order valence-electron chi connectivity index (χ2n) is 7.69. The molecule has 0 saturated heterocycles. The molecular formula is C21H27N3O3S. The van der Waals surface area contributed by atoms with E-state index in [0.29, 0.717) is 11.3 Å². The normalized spacial score (nSPS) is 12.5. The fourth-order valence-electron chi connectivity index (χ4n) is 2.30. The Kier molecular flexibility index (Phi) is 6.61. The average molecular weight is 402 g/mol. The lowest BCUT2D eigenvalue weighted by molar-refractivity contribution is 0.0954.